The Hall–Kier alpha value is -1.27. The van der Waals surface area contributed by atoms with Gasteiger partial charge in [-0.1, -0.05) is 17.7 Å². The van der Waals surface area contributed by atoms with E-state index in [2.05, 4.69) is 0 Å². The minimum atomic E-state index is -3.68. The van der Waals surface area contributed by atoms with Crippen molar-refractivity contribution >= 4 is 33.4 Å². The maximum Gasteiger partial charge on any atom is 0.428 e. The van der Waals surface area contributed by atoms with Crippen LogP contribution in [0.2, 0.25) is 5.02 Å². The Bertz CT molecular complexity index is 570. The summed E-state index contributed by atoms with van der Waals surface area (Å²) < 4.78 is 29.0. The van der Waals surface area contributed by atoms with E-state index in [0.29, 0.717) is 14.9 Å². The molecule has 0 unspecified atom stereocenters. The van der Waals surface area contributed by atoms with Crippen LogP contribution in [0.25, 0.3) is 0 Å². The van der Waals surface area contributed by atoms with Crippen LogP contribution in [-0.2, 0) is 20.5 Å². The molecule has 0 N–H and O–H groups in total. The highest BCUT2D eigenvalue weighted by Crippen LogP contribution is 2.35. The molecule has 1 aliphatic heterocycles. The molecule has 5 nitrogen and oxygen atoms in total. The number of nitrogens with zero attached hydrogens (tertiary/aromatic N) is 1. The molecule has 92 valence electrons. The molecule has 17 heavy (non-hydrogen) atoms. The topological polar surface area (TPSA) is 63.7 Å². The first-order valence-corrected chi connectivity index (χ1v) is 6.92. The normalized spacial score (nSPS) is 16.7. The second-order valence-electron chi connectivity index (χ2n) is 3.49. The summed E-state index contributed by atoms with van der Waals surface area (Å²) in [5.74, 6) is -0.210. The number of fused-ring (bicyclic) bond motifs is 1. The number of sulfonamides is 1. The Morgan fingerprint density at radius 3 is 2.88 bits per heavy atom. The fourth-order valence-electron chi connectivity index (χ4n) is 1.65. The van der Waals surface area contributed by atoms with Gasteiger partial charge in [-0.2, -0.15) is 4.31 Å². The van der Waals surface area contributed by atoms with E-state index in [9.17, 15) is 13.2 Å². The van der Waals surface area contributed by atoms with E-state index in [1.165, 1.54) is 6.07 Å². The van der Waals surface area contributed by atoms with Crippen LogP contribution in [0.5, 0.6) is 0 Å². The molecular weight excluding hydrogens is 266 g/mol. The fraction of sp³-hybridized carbons (Fsp3) is 0.300. The molecule has 2 rings (SSSR count). The van der Waals surface area contributed by atoms with Gasteiger partial charge in [0.2, 0.25) is 10.0 Å². The number of amides is 1. The number of hydrogen-bond donors (Lipinski definition) is 0. The highest BCUT2D eigenvalue weighted by atomic mass is 35.5. The average molecular weight is 276 g/mol. The van der Waals surface area contributed by atoms with E-state index in [4.69, 9.17) is 16.3 Å². The van der Waals surface area contributed by atoms with Crippen LogP contribution in [0.1, 0.15) is 12.5 Å². The van der Waals surface area contributed by atoms with Gasteiger partial charge >= 0.3 is 6.09 Å². The second-order valence-corrected chi connectivity index (χ2v) is 5.75. The summed E-state index contributed by atoms with van der Waals surface area (Å²) in [7, 11) is -3.68. The third kappa shape index (κ3) is 2.10. The molecule has 0 spiro atoms. The average Bonchev–Trinajstić information content (AvgIpc) is 2.48. The summed E-state index contributed by atoms with van der Waals surface area (Å²) in [6.45, 7) is 1.72. The van der Waals surface area contributed by atoms with Gasteiger partial charge in [-0.25, -0.2) is 13.2 Å². The predicted octanol–water partition coefficient (Wildman–Crippen LogP) is 2.15. The summed E-state index contributed by atoms with van der Waals surface area (Å²) >= 11 is 5.79. The molecule has 1 aliphatic rings. The molecule has 0 bridgehead atoms. The quantitative estimate of drug-likeness (QED) is 0.788. The van der Waals surface area contributed by atoms with Crippen LogP contribution >= 0.6 is 11.6 Å². The number of rotatable bonds is 1. The van der Waals surface area contributed by atoms with E-state index in [0.717, 1.165) is 0 Å². The molecular formula is C10H10ClNO4S. The molecule has 0 fully saturated rings. The van der Waals surface area contributed by atoms with Crippen LogP contribution in [0.3, 0.4) is 0 Å². The van der Waals surface area contributed by atoms with Gasteiger partial charge in [-0.3, -0.25) is 0 Å². The summed E-state index contributed by atoms with van der Waals surface area (Å²) in [5.41, 5.74) is 0.818. The molecule has 0 aliphatic carbocycles. The van der Waals surface area contributed by atoms with Gasteiger partial charge in [0.1, 0.15) is 0 Å². The van der Waals surface area contributed by atoms with Gasteiger partial charge in [0.15, 0.2) is 0 Å². The number of hydrogen-bond acceptors (Lipinski definition) is 4. The SMILES string of the molecule is CCOC(=O)N1c2cc(Cl)ccc2CS1(=O)=O. The number of carbonyl (C=O) groups is 1. The second kappa shape index (κ2) is 4.19. The van der Waals surface area contributed by atoms with Crippen molar-refractivity contribution in [1.82, 2.24) is 0 Å². The van der Waals surface area contributed by atoms with Crippen molar-refractivity contribution < 1.29 is 17.9 Å². The van der Waals surface area contributed by atoms with Crippen LogP contribution in [0.15, 0.2) is 18.2 Å². The molecule has 1 aromatic rings. The lowest BCUT2D eigenvalue weighted by molar-refractivity contribution is 0.164. The maximum atomic E-state index is 11.8. The standard InChI is InChI=1S/C10H10ClNO4S/c1-2-16-10(13)12-9-5-8(11)4-3-7(9)6-17(12,14)15/h3-5H,2,6H2,1H3. The first-order chi connectivity index (χ1) is 7.95. The number of ether oxygens (including phenoxy) is 1. The van der Waals surface area contributed by atoms with Crippen LogP contribution in [0, 0.1) is 0 Å². The lowest BCUT2D eigenvalue weighted by Gasteiger charge is -2.15. The minimum Gasteiger partial charge on any atom is -0.449 e. The molecule has 7 heteroatoms. The Morgan fingerprint density at radius 1 is 1.53 bits per heavy atom. The third-order valence-electron chi connectivity index (χ3n) is 2.32. The van der Waals surface area contributed by atoms with Crippen LogP contribution in [-0.4, -0.2) is 21.1 Å². The minimum absolute atomic E-state index is 0.112. The third-order valence-corrected chi connectivity index (χ3v) is 4.13. The first-order valence-electron chi connectivity index (χ1n) is 4.94. The molecule has 1 amide bonds. The molecule has 0 atom stereocenters. The molecule has 0 saturated carbocycles. The Morgan fingerprint density at radius 2 is 2.24 bits per heavy atom. The van der Waals surface area contributed by atoms with Crippen molar-refractivity contribution in [3.63, 3.8) is 0 Å². The lowest BCUT2D eigenvalue weighted by Crippen LogP contribution is -2.34. The van der Waals surface area contributed by atoms with E-state index in [-0.39, 0.29) is 18.0 Å². The molecule has 1 aromatic carbocycles. The zero-order valence-electron chi connectivity index (χ0n) is 9.01. The van der Waals surface area contributed by atoms with Crippen molar-refractivity contribution in [2.75, 3.05) is 10.9 Å². The molecule has 0 saturated heterocycles. The summed E-state index contributed by atoms with van der Waals surface area (Å²) in [6.07, 6.45) is -0.895. The highest BCUT2D eigenvalue weighted by molar-refractivity contribution is 7.93. The highest BCUT2D eigenvalue weighted by Gasteiger charge is 2.39. The zero-order valence-corrected chi connectivity index (χ0v) is 10.6. The van der Waals surface area contributed by atoms with Crippen molar-refractivity contribution in [2.45, 2.75) is 12.7 Å². The zero-order chi connectivity index (χ0) is 12.6. The van der Waals surface area contributed by atoms with E-state index < -0.39 is 16.1 Å². The van der Waals surface area contributed by atoms with Gasteiger partial charge < -0.3 is 4.74 Å². The molecule has 0 aromatic heterocycles. The molecule has 0 radical (unpaired) electrons. The number of benzene rings is 1. The summed E-state index contributed by atoms with van der Waals surface area (Å²) in [6, 6.07) is 4.62. The number of halogens is 1. The summed E-state index contributed by atoms with van der Waals surface area (Å²) in [5, 5.41) is 0.371. The van der Waals surface area contributed by atoms with E-state index in [1.54, 1.807) is 19.1 Å². The number of anilines is 1. The van der Waals surface area contributed by atoms with E-state index >= 15 is 0 Å². The fourth-order valence-corrected chi connectivity index (χ4v) is 3.34. The maximum absolute atomic E-state index is 11.8. The Labute approximate surface area is 104 Å². The molecule has 1 heterocycles. The van der Waals surface area contributed by atoms with Crippen molar-refractivity contribution in [2.24, 2.45) is 0 Å². The van der Waals surface area contributed by atoms with Crippen LogP contribution < -0.4 is 4.31 Å². The van der Waals surface area contributed by atoms with Gasteiger partial charge in [0.05, 0.1) is 18.0 Å². The number of carbonyl (C=O) groups excluding carboxylic acids is 1. The van der Waals surface area contributed by atoms with Crippen LogP contribution in [0.4, 0.5) is 10.5 Å². The van der Waals surface area contributed by atoms with E-state index in [1.807, 2.05) is 0 Å². The van der Waals surface area contributed by atoms with Crippen molar-refractivity contribution in [3.05, 3.63) is 28.8 Å². The first kappa shape index (κ1) is 12.2. The van der Waals surface area contributed by atoms with Gasteiger partial charge in [0.25, 0.3) is 0 Å². The largest absolute Gasteiger partial charge is 0.449 e. The van der Waals surface area contributed by atoms with Crippen molar-refractivity contribution in [1.29, 1.82) is 0 Å². The van der Waals surface area contributed by atoms with Gasteiger partial charge in [-0.05, 0) is 24.6 Å². The predicted molar refractivity (Wildman–Crippen MR) is 63.6 cm³/mol. The monoisotopic (exact) mass is 275 g/mol. The van der Waals surface area contributed by atoms with Gasteiger partial charge in [0, 0.05) is 5.02 Å². The summed E-state index contributed by atoms with van der Waals surface area (Å²) in [4.78, 5) is 11.6. The Balaban J connectivity index is 2.51. The lowest BCUT2D eigenvalue weighted by atomic mass is 10.2. The smallest absolute Gasteiger partial charge is 0.428 e. The van der Waals surface area contributed by atoms with Gasteiger partial charge in [-0.15, -0.1) is 0 Å². The Kier molecular flexibility index (Phi) is 3.01. The van der Waals surface area contributed by atoms with Crippen molar-refractivity contribution in [3.8, 4) is 0 Å².